The first-order chi connectivity index (χ1) is 9.16. The van der Waals surface area contributed by atoms with Crippen LogP contribution in [0.1, 0.15) is 29.6 Å². The van der Waals surface area contributed by atoms with Gasteiger partial charge in [-0.2, -0.15) is 0 Å². The Hall–Kier alpha value is -1.26. The Morgan fingerprint density at radius 2 is 2.26 bits per heavy atom. The monoisotopic (exact) mass is 280 g/mol. The molecule has 1 saturated carbocycles. The summed E-state index contributed by atoms with van der Waals surface area (Å²) in [6, 6.07) is 5.25. The third kappa shape index (κ3) is 2.30. The summed E-state index contributed by atoms with van der Waals surface area (Å²) in [4.78, 5) is 14.5. The average molecular weight is 281 g/mol. The van der Waals surface area contributed by atoms with Crippen LogP contribution in [0.5, 0.6) is 0 Å². The third-order valence-electron chi connectivity index (χ3n) is 3.97. The van der Waals surface area contributed by atoms with E-state index in [0.29, 0.717) is 29.4 Å². The fourth-order valence-corrected chi connectivity index (χ4v) is 3.31. The minimum Gasteiger partial charge on any atom is -0.399 e. The van der Waals surface area contributed by atoms with Gasteiger partial charge in [0, 0.05) is 12.2 Å². The number of carbonyl (C=O) groups is 1. The number of morpholine rings is 1. The maximum absolute atomic E-state index is 12.6. The summed E-state index contributed by atoms with van der Waals surface area (Å²) < 4.78 is 5.72. The number of amides is 1. The number of hydrogen-bond donors (Lipinski definition) is 1. The Labute approximate surface area is 117 Å². The number of nitrogens with zero attached hydrogens (tertiary/aromatic N) is 1. The predicted octanol–water partition coefficient (Wildman–Crippen LogP) is 2.32. The fraction of sp³-hybridized carbons (Fsp3) is 0.500. The van der Waals surface area contributed by atoms with Crippen molar-refractivity contribution in [1.82, 2.24) is 4.90 Å². The number of carbonyl (C=O) groups excluding carboxylic acids is 1. The van der Waals surface area contributed by atoms with Gasteiger partial charge in [-0.25, -0.2) is 0 Å². The Morgan fingerprint density at radius 3 is 3.05 bits per heavy atom. The van der Waals surface area contributed by atoms with E-state index in [0.717, 1.165) is 19.3 Å². The summed E-state index contributed by atoms with van der Waals surface area (Å²) in [5.74, 6) is -0.00907. The number of anilines is 1. The topological polar surface area (TPSA) is 55.6 Å². The van der Waals surface area contributed by atoms with Crippen LogP contribution in [-0.2, 0) is 4.74 Å². The minimum absolute atomic E-state index is 0.00907. The van der Waals surface area contributed by atoms with Crippen LogP contribution in [-0.4, -0.2) is 36.1 Å². The molecule has 1 heterocycles. The fourth-order valence-electron chi connectivity index (χ4n) is 3.04. The minimum atomic E-state index is -0.00907. The van der Waals surface area contributed by atoms with Gasteiger partial charge in [0.05, 0.1) is 29.3 Å². The van der Waals surface area contributed by atoms with Crippen LogP contribution < -0.4 is 5.73 Å². The predicted molar refractivity (Wildman–Crippen MR) is 74.3 cm³/mol. The van der Waals surface area contributed by atoms with Gasteiger partial charge in [-0.1, -0.05) is 11.6 Å². The molecule has 0 spiro atoms. The SMILES string of the molecule is Nc1ccc(C(=O)N2CCOC3CCCC32)c(Cl)c1. The van der Waals surface area contributed by atoms with Crippen molar-refractivity contribution in [3.05, 3.63) is 28.8 Å². The van der Waals surface area contributed by atoms with Gasteiger partial charge < -0.3 is 15.4 Å². The molecule has 1 aromatic rings. The molecule has 0 bridgehead atoms. The molecule has 2 atom stereocenters. The van der Waals surface area contributed by atoms with E-state index in [1.807, 2.05) is 4.90 Å². The van der Waals surface area contributed by atoms with Gasteiger partial charge in [-0.05, 0) is 37.5 Å². The van der Waals surface area contributed by atoms with Crippen molar-refractivity contribution in [3.8, 4) is 0 Å². The number of nitrogens with two attached hydrogens (primary N) is 1. The number of halogens is 1. The number of nitrogen functional groups attached to an aromatic ring is 1. The zero-order chi connectivity index (χ0) is 13.4. The van der Waals surface area contributed by atoms with Crippen molar-refractivity contribution in [2.75, 3.05) is 18.9 Å². The molecule has 2 unspecified atom stereocenters. The van der Waals surface area contributed by atoms with Crippen LogP contribution in [0.4, 0.5) is 5.69 Å². The molecule has 102 valence electrons. The quantitative estimate of drug-likeness (QED) is 0.803. The van der Waals surface area contributed by atoms with Gasteiger partial charge in [0.1, 0.15) is 0 Å². The van der Waals surface area contributed by atoms with Crippen LogP contribution in [0, 0.1) is 0 Å². The van der Waals surface area contributed by atoms with E-state index in [1.54, 1.807) is 18.2 Å². The van der Waals surface area contributed by atoms with Crippen molar-refractivity contribution in [2.45, 2.75) is 31.4 Å². The summed E-state index contributed by atoms with van der Waals surface area (Å²) in [5.41, 5.74) is 6.76. The maximum Gasteiger partial charge on any atom is 0.255 e. The van der Waals surface area contributed by atoms with Crippen LogP contribution in [0.2, 0.25) is 5.02 Å². The molecule has 3 rings (SSSR count). The average Bonchev–Trinajstić information content (AvgIpc) is 2.86. The van der Waals surface area contributed by atoms with Crippen molar-refractivity contribution in [2.24, 2.45) is 0 Å². The van der Waals surface area contributed by atoms with Crippen molar-refractivity contribution < 1.29 is 9.53 Å². The van der Waals surface area contributed by atoms with E-state index in [2.05, 4.69) is 0 Å². The standard InChI is InChI=1S/C14H17ClN2O2/c15-11-8-9(16)4-5-10(11)14(18)17-6-7-19-13-3-1-2-12(13)17/h4-5,8,12-13H,1-3,6-7,16H2. The number of hydrogen-bond acceptors (Lipinski definition) is 3. The normalized spacial score (nSPS) is 26.3. The Morgan fingerprint density at radius 1 is 1.42 bits per heavy atom. The van der Waals surface area contributed by atoms with Crippen molar-refractivity contribution in [3.63, 3.8) is 0 Å². The van der Waals surface area contributed by atoms with Crippen LogP contribution in [0.3, 0.4) is 0 Å². The summed E-state index contributed by atoms with van der Waals surface area (Å²) in [6.45, 7) is 1.25. The lowest BCUT2D eigenvalue weighted by Crippen LogP contribution is -2.51. The Balaban J connectivity index is 1.86. The molecule has 1 aliphatic heterocycles. The molecule has 1 aliphatic carbocycles. The summed E-state index contributed by atoms with van der Waals surface area (Å²) in [6.07, 6.45) is 3.38. The van der Waals surface area contributed by atoms with Gasteiger partial charge >= 0.3 is 0 Å². The molecule has 2 aliphatic rings. The first-order valence-corrected chi connectivity index (χ1v) is 7.02. The van der Waals surface area contributed by atoms with Crippen molar-refractivity contribution in [1.29, 1.82) is 0 Å². The van der Waals surface area contributed by atoms with E-state index in [9.17, 15) is 4.79 Å². The molecule has 4 nitrogen and oxygen atoms in total. The second kappa shape index (κ2) is 5.02. The largest absolute Gasteiger partial charge is 0.399 e. The number of fused-ring (bicyclic) bond motifs is 1. The lowest BCUT2D eigenvalue weighted by molar-refractivity contribution is -0.0445. The molecular weight excluding hydrogens is 264 g/mol. The number of rotatable bonds is 1. The second-order valence-electron chi connectivity index (χ2n) is 5.15. The van der Waals surface area contributed by atoms with Crippen molar-refractivity contribution >= 4 is 23.2 Å². The van der Waals surface area contributed by atoms with Gasteiger partial charge in [0.15, 0.2) is 0 Å². The summed E-state index contributed by atoms with van der Waals surface area (Å²) in [5, 5.41) is 0.422. The molecule has 19 heavy (non-hydrogen) atoms. The van der Waals surface area contributed by atoms with E-state index < -0.39 is 0 Å². The zero-order valence-corrected chi connectivity index (χ0v) is 11.4. The van der Waals surface area contributed by atoms with E-state index >= 15 is 0 Å². The van der Waals surface area contributed by atoms with Crippen LogP contribution in [0.25, 0.3) is 0 Å². The highest BCUT2D eigenvalue weighted by Gasteiger charge is 2.38. The highest BCUT2D eigenvalue weighted by Crippen LogP contribution is 2.31. The van der Waals surface area contributed by atoms with E-state index in [4.69, 9.17) is 22.1 Å². The Kier molecular flexibility index (Phi) is 3.37. The number of ether oxygens (including phenoxy) is 1. The third-order valence-corrected chi connectivity index (χ3v) is 4.28. The highest BCUT2D eigenvalue weighted by atomic mass is 35.5. The molecule has 5 heteroatoms. The summed E-state index contributed by atoms with van der Waals surface area (Å²) >= 11 is 6.13. The molecule has 2 fully saturated rings. The first kappa shape index (κ1) is 12.8. The van der Waals surface area contributed by atoms with Crippen LogP contribution in [0.15, 0.2) is 18.2 Å². The molecule has 1 saturated heterocycles. The van der Waals surface area contributed by atoms with Gasteiger partial charge in [0.2, 0.25) is 0 Å². The van der Waals surface area contributed by atoms with Gasteiger partial charge in [0.25, 0.3) is 5.91 Å². The maximum atomic E-state index is 12.6. The molecule has 2 N–H and O–H groups in total. The molecule has 1 aromatic carbocycles. The van der Waals surface area contributed by atoms with Crippen LogP contribution >= 0.6 is 11.6 Å². The summed E-state index contributed by atoms with van der Waals surface area (Å²) in [7, 11) is 0. The van der Waals surface area contributed by atoms with E-state index in [1.165, 1.54) is 0 Å². The molecular formula is C14H17ClN2O2. The lowest BCUT2D eigenvalue weighted by atomic mass is 10.1. The molecule has 0 aromatic heterocycles. The van der Waals surface area contributed by atoms with Gasteiger partial charge in [-0.3, -0.25) is 4.79 Å². The molecule has 1 amide bonds. The van der Waals surface area contributed by atoms with Gasteiger partial charge in [-0.15, -0.1) is 0 Å². The second-order valence-corrected chi connectivity index (χ2v) is 5.55. The number of benzene rings is 1. The molecule has 0 radical (unpaired) electrons. The van der Waals surface area contributed by atoms with E-state index in [-0.39, 0.29) is 18.1 Å². The zero-order valence-electron chi connectivity index (χ0n) is 10.6. The smallest absolute Gasteiger partial charge is 0.255 e. The highest BCUT2D eigenvalue weighted by molar-refractivity contribution is 6.34. The lowest BCUT2D eigenvalue weighted by Gasteiger charge is -2.37. The first-order valence-electron chi connectivity index (χ1n) is 6.64. The Bertz CT molecular complexity index is 506.